The zero-order valence-electron chi connectivity index (χ0n) is 12.7. The molecule has 2 rings (SSSR count). The number of thioether (sulfide) groups is 1. The van der Waals surface area contributed by atoms with E-state index < -0.39 is 0 Å². The van der Waals surface area contributed by atoms with Crippen LogP contribution in [0.5, 0.6) is 0 Å². The van der Waals surface area contributed by atoms with Crippen LogP contribution in [0, 0.1) is 0 Å². The molecule has 2 nitrogen and oxygen atoms in total. The summed E-state index contributed by atoms with van der Waals surface area (Å²) in [6.07, 6.45) is 3.15. The molecular weight excluding hydrogens is 255 g/mol. The van der Waals surface area contributed by atoms with Gasteiger partial charge in [-0.25, -0.2) is 0 Å². The smallest absolute Gasteiger partial charge is 0.399 e. The van der Waals surface area contributed by atoms with Crippen LogP contribution in [0.1, 0.15) is 40.2 Å². The van der Waals surface area contributed by atoms with Gasteiger partial charge in [-0.05, 0) is 57.5 Å². The Bertz CT molecular complexity index is 455. The molecule has 1 aliphatic rings. The van der Waals surface area contributed by atoms with Gasteiger partial charge in [-0.1, -0.05) is 19.1 Å². The molecule has 19 heavy (non-hydrogen) atoms. The van der Waals surface area contributed by atoms with Gasteiger partial charge in [0.1, 0.15) is 0 Å². The Labute approximate surface area is 121 Å². The topological polar surface area (TPSA) is 18.5 Å². The molecule has 1 aromatic carbocycles. The lowest BCUT2D eigenvalue weighted by Crippen LogP contribution is -2.41. The summed E-state index contributed by atoms with van der Waals surface area (Å²) in [5.74, 6) is 0. The number of aryl methyl sites for hydroxylation is 1. The maximum absolute atomic E-state index is 6.13. The molecule has 0 N–H and O–H groups in total. The van der Waals surface area contributed by atoms with Gasteiger partial charge in [0.05, 0.1) is 11.2 Å². The first-order chi connectivity index (χ1) is 8.80. The van der Waals surface area contributed by atoms with Crippen molar-refractivity contribution in [3.63, 3.8) is 0 Å². The highest BCUT2D eigenvalue weighted by molar-refractivity contribution is 7.98. The van der Waals surface area contributed by atoms with Gasteiger partial charge < -0.3 is 9.31 Å². The summed E-state index contributed by atoms with van der Waals surface area (Å²) < 4.78 is 12.3. The van der Waals surface area contributed by atoms with Crippen LogP contribution in [0.25, 0.3) is 0 Å². The van der Waals surface area contributed by atoms with Crippen molar-refractivity contribution in [2.45, 2.75) is 57.1 Å². The van der Waals surface area contributed by atoms with Crippen LogP contribution in [-0.4, -0.2) is 24.6 Å². The molecule has 0 unspecified atom stereocenters. The fraction of sp³-hybridized carbons (Fsp3) is 0.600. The van der Waals surface area contributed by atoms with E-state index in [9.17, 15) is 0 Å². The lowest BCUT2D eigenvalue weighted by Gasteiger charge is -2.32. The third kappa shape index (κ3) is 2.71. The Morgan fingerprint density at radius 3 is 2.16 bits per heavy atom. The first-order valence-electron chi connectivity index (χ1n) is 6.83. The monoisotopic (exact) mass is 278 g/mol. The molecule has 0 aromatic heterocycles. The van der Waals surface area contributed by atoms with Gasteiger partial charge in [-0.15, -0.1) is 11.8 Å². The SMILES string of the molecule is CCc1ccc(B2OC(C)(C)C(C)(C)O2)c(SC)c1. The Hall–Kier alpha value is -0.445. The van der Waals surface area contributed by atoms with Crippen molar-refractivity contribution in [3.05, 3.63) is 23.8 Å². The molecule has 0 saturated carbocycles. The standard InChI is InChI=1S/C15H23BO2S/c1-7-11-8-9-12(13(10-11)19-6)16-17-14(2,3)15(4,5)18-16/h8-10H,7H2,1-6H3. The molecule has 104 valence electrons. The van der Waals surface area contributed by atoms with Gasteiger partial charge in [-0.2, -0.15) is 0 Å². The summed E-state index contributed by atoms with van der Waals surface area (Å²) >= 11 is 1.75. The van der Waals surface area contributed by atoms with E-state index in [2.05, 4.69) is 59.1 Å². The lowest BCUT2D eigenvalue weighted by molar-refractivity contribution is 0.00578. The fourth-order valence-electron chi connectivity index (χ4n) is 2.14. The second kappa shape index (κ2) is 5.15. The Morgan fingerprint density at radius 2 is 1.68 bits per heavy atom. The van der Waals surface area contributed by atoms with Crippen molar-refractivity contribution in [1.29, 1.82) is 0 Å². The van der Waals surface area contributed by atoms with E-state index in [4.69, 9.17) is 9.31 Å². The summed E-state index contributed by atoms with van der Waals surface area (Å²) in [6.45, 7) is 10.5. The summed E-state index contributed by atoms with van der Waals surface area (Å²) in [5.41, 5.74) is 1.93. The first kappa shape index (κ1) is 15.0. The van der Waals surface area contributed by atoms with Crippen LogP contribution in [0.4, 0.5) is 0 Å². The van der Waals surface area contributed by atoms with E-state index in [0.29, 0.717) is 0 Å². The average molecular weight is 278 g/mol. The quantitative estimate of drug-likeness (QED) is 0.624. The minimum Gasteiger partial charge on any atom is -0.399 e. The second-order valence-electron chi connectivity index (χ2n) is 6.02. The number of rotatable bonds is 3. The van der Waals surface area contributed by atoms with E-state index in [1.807, 2.05) is 0 Å². The molecular formula is C15H23BO2S. The van der Waals surface area contributed by atoms with Crippen molar-refractivity contribution < 1.29 is 9.31 Å². The van der Waals surface area contributed by atoms with Gasteiger partial charge in [-0.3, -0.25) is 0 Å². The molecule has 0 atom stereocenters. The fourth-order valence-corrected chi connectivity index (χ4v) is 2.81. The second-order valence-corrected chi connectivity index (χ2v) is 6.87. The molecule has 1 aromatic rings. The largest absolute Gasteiger partial charge is 0.495 e. The zero-order valence-corrected chi connectivity index (χ0v) is 13.6. The van der Waals surface area contributed by atoms with Crippen molar-refractivity contribution in [1.82, 2.24) is 0 Å². The normalized spacial score (nSPS) is 20.8. The minimum absolute atomic E-state index is 0.265. The highest BCUT2D eigenvalue weighted by Crippen LogP contribution is 2.37. The summed E-state index contributed by atoms with van der Waals surface area (Å²) in [7, 11) is -0.265. The molecule has 0 aliphatic carbocycles. The predicted octanol–water partition coefficient (Wildman–Crippen LogP) is 3.27. The molecule has 1 saturated heterocycles. The number of benzene rings is 1. The lowest BCUT2D eigenvalue weighted by atomic mass is 9.78. The van der Waals surface area contributed by atoms with Crippen molar-refractivity contribution in [2.75, 3.05) is 6.26 Å². The highest BCUT2D eigenvalue weighted by Gasteiger charge is 2.52. The van der Waals surface area contributed by atoms with Gasteiger partial charge in [0.2, 0.25) is 0 Å². The third-order valence-electron chi connectivity index (χ3n) is 4.21. The maximum Gasteiger partial charge on any atom is 0.495 e. The van der Waals surface area contributed by atoms with Gasteiger partial charge in [0.25, 0.3) is 0 Å². The van der Waals surface area contributed by atoms with Gasteiger partial charge in [0, 0.05) is 4.90 Å². The van der Waals surface area contributed by atoms with E-state index in [-0.39, 0.29) is 18.3 Å². The van der Waals surface area contributed by atoms with E-state index in [1.165, 1.54) is 10.5 Å². The Kier molecular flexibility index (Phi) is 4.06. The van der Waals surface area contributed by atoms with E-state index in [0.717, 1.165) is 11.9 Å². The summed E-state index contributed by atoms with van der Waals surface area (Å²) in [4.78, 5) is 1.25. The van der Waals surface area contributed by atoms with Crippen LogP contribution in [0.2, 0.25) is 0 Å². The van der Waals surface area contributed by atoms with Crippen LogP contribution in [0.3, 0.4) is 0 Å². The predicted molar refractivity (Wildman–Crippen MR) is 83.3 cm³/mol. The van der Waals surface area contributed by atoms with Crippen molar-refractivity contribution >= 4 is 24.3 Å². The summed E-state index contributed by atoms with van der Waals surface area (Å²) in [6, 6.07) is 6.55. The summed E-state index contributed by atoms with van der Waals surface area (Å²) in [5, 5.41) is 0. The van der Waals surface area contributed by atoms with Crippen LogP contribution < -0.4 is 5.46 Å². The van der Waals surface area contributed by atoms with Crippen molar-refractivity contribution in [2.24, 2.45) is 0 Å². The molecule has 1 aliphatic heterocycles. The Balaban J connectivity index is 2.34. The van der Waals surface area contributed by atoms with Crippen LogP contribution in [0.15, 0.2) is 23.1 Å². The van der Waals surface area contributed by atoms with Gasteiger partial charge >= 0.3 is 7.12 Å². The third-order valence-corrected chi connectivity index (χ3v) is 5.01. The van der Waals surface area contributed by atoms with Crippen molar-refractivity contribution in [3.8, 4) is 0 Å². The molecule has 4 heteroatoms. The van der Waals surface area contributed by atoms with Crippen LogP contribution in [-0.2, 0) is 15.7 Å². The highest BCUT2D eigenvalue weighted by atomic mass is 32.2. The minimum atomic E-state index is -0.281. The molecule has 0 bridgehead atoms. The molecule has 1 fully saturated rings. The van der Waals surface area contributed by atoms with Crippen LogP contribution >= 0.6 is 11.8 Å². The van der Waals surface area contributed by atoms with E-state index >= 15 is 0 Å². The first-order valence-corrected chi connectivity index (χ1v) is 8.05. The van der Waals surface area contributed by atoms with E-state index in [1.54, 1.807) is 11.8 Å². The maximum atomic E-state index is 6.13. The zero-order chi connectivity index (χ0) is 14.3. The molecule has 1 heterocycles. The average Bonchev–Trinajstić information content (AvgIpc) is 2.57. The number of hydrogen-bond donors (Lipinski definition) is 0. The number of hydrogen-bond acceptors (Lipinski definition) is 3. The molecule has 0 amide bonds. The Morgan fingerprint density at radius 1 is 1.11 bits per heavy atom. The molecule has 0 radical (unpaired) electrons. The molecule has 0 spiro atoms. The van der Waals surface area contributed by atoms with Gasteiger partial charge in [0.15, 0.2) is 0 Å².